The van der Waals surface area contributed by atoms with Crippen molar-refractivity contribution in [3.8, 4) is 0 Å². The molecule has 1 atom stereocenters. The summed E-state index contributed by atoms with van der Waals surface area (Å²) in [5.74, 6) is -0.953. The molecular formula is C15H18N2O4. The molecule has 1 saturated heterocycles. The first-order valence-corrected chi connectivity index (χ1v) is 7.09. The van der Waals surface area contributed by atoms with E-state index in [-0.39, 0.29) is 6.03 Å². The fourth-order valence-corrected chi connectivity index (χ4v) is 2.88. The van der Waals surface area contributed by atoms with E-state index in [1.807, 2.05) is 24.3 Å². The second-order valence-corrected chi connectivity index (χ2v) is 5.34. The SMILES string of the molecule is O=C(O)[C@@H]1Cc2ccccc2CN1C(=O)N1CCOCC1. The van der Waals surface area contributed by atoms with Crippen molar-refractivity contribution in [1.82, 2.24) is 9.80 Å². The Morgan fingerprint density at radius 3 is 2.48 bits per heavy atom. The molecule has 112 valence electrons. The van der Waals surface area contributed by atoms with Crippen LogP contribution in [0.25, 0.3) is 0 Å². The topological polar surface area (TPSA) is 70.1 Å². The van der Waals surface area contributed by atoms with Crippen LogP contribution in [0.2, 0.25) is 0 Å². The zero-order valence-corrected chi connectivity index (χ0v) is 11.7. The van der Waals surface area contributed by atoms with Crippen LogP contribution in [0.15, 0.2) is 24.3 Å². The van der Waals surface area contributed by atoms with Crippen LogP contribution < -0.4 is 0 Å². The molecule has 0 bridgehead atoms. The summed E-state index contributed by atoms with van der Waals surface area (Å²) in [5, 5.41) is 9.44. The van der Waals surface area contributed by atoms with Gasteiger partial charge in [-0.15, -0.1) is 0 Å². The number of urea groups is 1. The van der Waals surface area contributed by atoms with Gasteiger partial charge in [-0.05, 0) is 11.1 Å². The summed E-state index contributed by atoms with van der Waals surface area (Å²) in [6, 6.07) is 6.69. The number of nitrogens with zero attached hydrogens (tertiary/aromatic N) is 2. The normalized spacial score (nSPS) is 21.8. The van der Waals surface area contributed by atoms with E-state index >= 15 is 0 Å². The highest BCUT2D eigenvalue weighted by Crippen LogP contribution is 2.24. The molecule has 0 aromatic heterocycles. The Morgan fingerprint density at radius 1 is 1.14 bits per heavy atom. The zero-order valence-electron chi connectivity index (χ0n) is 11.7. The van der Waals surface area contributed by atoms with Gasteiger partial charge in [0, 0.05) is 26.1 Å². The molecule has 0 unspecified atom stereocenters. The number of benzene rings is 1. The van der Waals surface area contributed by atoms with Crippen molar-refractivity contribution < 1.29 is 19.4 Å². The molecular weight excluding hydrogens is 272 g/mol. The number of carboxylic acid groups (broad SMARTS) is 1. The standard InChI is InChI=1S/C15H18N2O4/c18-14(19)13-9-11-3-1-2-4-12(11)10-17(13)15(20)16-5-7-21-8-6-16/h1-4,13H,5-10H2,(H,18,19)/t13-/m0/s1. The van der Waals surface area contributed by atoms with Crippen molar-refractivity contribution in [2.24, 2.45) is 0 Å². The van der Waals surface area contributed by atoms with E-state index in [0.29, 0.717) is 39.3 Å². The molecule has 2 heterocycles. The molecule has 0 radical (unpaired) electrons. The maximum atomic E-state index is 12.6. The van der Waals surface area contributed by atoms with Crippen molar-refractivity contribution in [1.29, 1.82) is 0 Å². The molecule has 21 heavy (non-hydrogen) atoms. The Kier molecular flexibility index (Phi) is 3.79. The molecule has 1 fully saturated rings. The average molecular weight is 290 g/mol. The van der Waals surface area contributed by atoms with Crippen molar-refractivity contribution in [3.05, 3.63) is 35.4 Å². The number of morpholine rings is 1. The Balaban J connectivity index is 1.85. The first-order valence-electron chi connectivity index (χ1n) is 7.09. The minimum atomic E-state index is -0.953. The van der Waals surface area contributed by atoms with Crippen molar-refractivity contribution in [3.63, 3.8) is 0 Å². The van der Waals surface area contributed by atoms with E-state index in [9.17, 15) is 14.7 Å². The summed E-state index contributed by atoms with van der Waals surface area (Å²) in [5.41, 5.74) is 2.03. The van der Waals surface area contributed by atoms with E-state index in [0.717, 1.165) is 11.1 Å². The maximum absolute atomic E-state index is 12.6. The summed E-state index contributed by atoms with van der Waals surface area (Å²) in [7, 11) is 0. The number of rotatable bonds is 1. The number of aliphatic carboxylic acids is 1. The lowest BCUT2D eigenvalue weighted by molar-refractivity contribution is -0.143. The molecule has 6 heteroatoms. The molecule has 6 nitrogen and oxygen atoms in total. The van der Waals surface area contributed by atoms with Crippen LogP contribution in [0.4, 0.5) is 4.79 Å². The summed E-state index contributed by atoms with van der Waals surface area (Å²) in [6.45, 7) is 2.40. The fourth-order valence-electron chi connectivity index (χ4n) is 2.88. The minimum Gasteiger partial charge on any atom is -0.480 e. The van der Waals surface area contributed by atoms with Gasteiger partial charge in [-0.3, -0.25) is 0 Å². The van der Waals surface area contributed by atoms with Gasteiger partial charge in [-0.25, -0.2) is 9.59 Å². The lowest BCUT2D eigenvalue weighted by Crippen LogP contribution is -2.55. The number of carbonyl (C=O) groups is 2. The maximum Gasteiger partial charge on any atom is 0.326 e. The van der Waals surface area contributed by atoms with Crippen LogP contribution in [-0.2, 0) is 22.5 Å². The molecule has 2 amide bonds. The first-order chi connectivity index (χ1) is 10.2. The van der Waals surface area contributed by atoms with Crippen molar-refractivity contribution >= 4 is 12.0 Å². The first kappa shape index (κ1) is 13.9. The van der Waals surface area contributed by atoms with Crippen LogP contribution in [0.3, 0.4) is 0 Å². The molecule has 0 aliphatic carbocycles. The molecule has 1 aromatic carbocycles. The van der Waals surface area contributed by atoms with Crippen molar-refractivity contribution in [2.75, 3.05) is 26.3 Å². The summed E-state index contributed by atoms with van der Waals surface area (Å²) in [4.78, 5) is 27.3. The number of ether oxygens (including phenoxy) is 1. The third-order valence-electron chi connectivity index (χ3n) is 4.06. The lowest BCUT2D eigenvalue weighted by Gasteiger charge is -2.38. The van der Waals surface area contributed by atoms with Gasteiger partial charge in [0.1, 0.15) is 6.04 Å². The Labute approximate surface area is 122 Å². The fraction of sp³-hybridized carbons (Fsp3) is 0.467. The number of fused-ring (bicyclic) bond motifs is 1. The van der Waals surface area contributed by atoms with Crippen LogP contribution in [-0.4, -0.2) is 59.3 Å². The van der Waals surface area contributed by atoms with E-state index in [2.05, 4.69) is 0 Å². The molecule has 3 rings (SSSR count). The molecule has 1 N–H and O–H groups in total. The summed E-state index contributed by atoms with van der Waals surface area (Å²) >= 11 is 0. The number of amides is 2. The van der Waals surface area contributed by atoms with Crippen LogP contribution in [0, 0.1) is 0 Å². The third kappa shape index (κ3) is 2.71. The largest absolute Gasteiger partial charge is 0.480 e. The summed E-state index contributed by atoms with van der Waals surface area (Å²) < 4.78 is 5.24. The Hall–Kier alpha value is -2.08. The van der Waals surface area contributed by atoms with Gasteiger partial charge in [0.2, 0.25) is 0 Å². The van der Waals surface area contributed by atoms with E-state index in [1.54, 1.807) is 4.90 Å². The van der Waals surface area contributed by atoms with Crippen LogP contribution in [0.5, 0.6) is 0 Å². The van der Waals surface area contributed by atoms with Gasteiger partial charge in [-0.2, -0.15) is 0 Å². The monoisotopic (exact) mass is 290 g/mol. The quantitative estimate of drug-likeness (QED) is 0.836. The molecule has 0 saturated carbocycles. The van der Waals surface area contributed by atoms with Crippen LogP contribution in [0.1, 0.15) is 11.1 Å². The summed E-state index contributed by atoms with van der Waals surface area (Å²) in [6.07, 6.45) is 0.363. The highest BCUT2D eigenvalue weighted by atomic mass is 16.5. The third-order valence-corrected chi connectivity index (χ3v) is 4.06. The van der Waals surface area contributed by atoms with Crippen molar-refractivity contribution in [2.45, 2.75) is 19.0 Å². The predicted molar refractivity (Wildman–Crippen MR) is 74.9 cm³/mol. The number of hydrogen-bond donors (Lipinski definition) is 1. The van der Waals surface area contributed by atoms with E-state index < -0.39 is 12.0 Å². The van der Waals surface area contributed by atoms with Gasteiger partial charge < -0.3 is 19.6 Å². The second-order valence-electron chi connectivity index (χ2n) is 5.34. The van der Waals surface area contributed by atoms with E-state index in [4.69, 9.17) is 4.74 Å². The van der Waals surface area contributed by atoms with Gasteiger partial charge in [0.25, 0.3) is 0 Å². The smallest absolute Gasteiger partial charge is 0.326 e. The lowest BCUT2D eigenvalue weighted by atomic mass is 9.94. The number of carbonyl (C=O) groups excluding carboxylic acids is 1. The number of hydrogen-bond acceptors (Lipinski definition) is 3. The number of carboxylic acids is 1. The average Bonchev–Trinajstić information content (AvgIpc) is 2.53. The van der Waals surface area contributed by atoms with Gasteiger partial charge >= 0.3 is 12.0 Å². The second kappa shape index (κ2) is 5.73. The Morgan fingerprint density at radius 2 is 1.81 bits per heavy atom. The van der Waals surface area contributed by atoms with Gasteiger partial charge in [0.05, 0.1) is 13.2 Å². The highest BCUT2D eigenvalue weighted by molar-refractivity contribution is 5.83. The molecule has 2 aliphatic heterocycles. The molecule has 2 aliphatic rings. The molecule has 1 aromatic rings. The van der Waals surface area contributed by atoms with E-state index in [1.165, 1.54) is 4.90 Å². The highest BCUT2D eigenvalue weighted by Gasteiger charge is 2.36. The van der Waals surface area contributed by atoms with Gasteiger partial charge in [0.15, 0.2) is 0 Å². The molecule has 0 spiro atoms. The van der Waals surface area contributed by atoms with Gasteiger partial charge in [-0.1, -0.05) is 24.3 Å². The van der Waals surface area contributed by atoms with Crippen LogP contribution >= 0.6 is 0 Å². The zero-order chi connectivity index (χ0) is 14.8. The predicted octanol–water partition coefficient (Wildman–Crippen LogP) is 0.950. The Bertz CT molecular complexity index is 554. The minimum absolute atomic E-state index is 0.208.